The fourth-order valence-electron chi connectivity index (χ4n) is 1.66. The largest absolute Gasteiger partial charge is 0.363 e. The Kier molecular flexibility index (Phi) is 4.95. The molecular weight excluding hydrogens is 237 g/mol. The van der Waals surface area contributed by atoms with Gasteiger partial charge < -0.3 is 0 Å². The van der Waals surface area contributed by atoms with Crippen LogP contribution in [0.3, 0.4) is 0 Å². The fourth-order valence-corrected chi connectivity index (χ4v) is 1.66. The smallest absolute Gasteiger partial charge is 0.300 e. The standard InChI is InChI=1S/C13H16FNO3/c1-2-12(16)8-9-13(14,15(17)18)10-11-6-4-3-5-7-11/h3-7H,2,8-10H2,1H3. The van der Waals surface area contributed by atoms with Gasteiger partial charge in [0.25, 0.3) is 0 Å². The highest BCUT2D eigenvalue weighted by Gasteiger charge is 2.42. The highest BCUT2D eigenvalue weighted by atomic mass is 19.1. The monoisotopic (exact) mass is 253 g/mol. The summed E-state index contributed by atoms with van der Waals surface area (Å²) in [6, 6.07) is 8.44. The van der Waals surface area contributed by atoms with Crippen molar-refractivity contribution >= 4 is 5.78 Å². The lowest BCUT2D eigenvalue weighted by atomic mass is 9.98. The zero-order valence-corrected chi connectivity index (χ0v) is 10.3. The van der Waals surface area contributed by atoms with Gasteiger partial charge in [0.2, 0.25) is 0 Å². The molecule has 0 radical (unpaired) electrons. The van der Waals surface area contributed by atoms with Crippen LogP contribution in [0.1, 0.15) is 31.7 Å². The van der Waals surface area contributed by atoms with Crippen LogP contribution in [0.5, 0.6) is 0 Å². The number of benzene rings is 1. The van der Waals surface area contributed by atoms with Crippen molar-refractivity contribution in [2.24, 2.45) is 0 Å². The highest BCUT2D eigenvalue weighted by molar-refractivity contribution is 5.78. The minimum absolute atomic E-state index is 0.0964. The number of nitro groups is 1. The zero-order chi connectivity index (χ0) is 13.6. The number of hydrogen-bond donors (Lipinski definition) is 0. The van der Waals surface area contributed by atoms with Gasteiger partial charge in [-0.05, 0) is 5.56 Å². The number of hydrogen-bond acceptors (Lipinski definition) is 3. The van der Waals surface area contributed by atoms with Gasteiger partial charge in [-0.2, -0.15) is 4.39 Å². The summed E-state index contributed by atoms with van der Waals surface area (Å²) in [6.45, 7) is 1.66. The van der Waals surface area contributed by atoms with Gasteiger partial charge in [-0.1, -0.05) is 37.3 Å². The molecule has 0 aromatic heterocycles. The van der Waals surface area contributed by atoms with E-state index in [1.54, 1.807) is 37.3 Å². The number of Topliss-reactive ketones (excluding diaryl/α,β-unsaturated/α-hetero) is 1. The number of alkyl halides is 1. The van der Waals surface area contributed by atoms with Crippen LogP contribution in [-0.4, -0.2) is 16.5 Å². The maximum absolute atomic E-state index is 14.2. The molecule has 0 bridgehead atoms. The van der Waals surface area contributed by atoms with Crippen molar-refractivity contribution in [3.8, 4) is 0 Å². The Morgan fingerprint density at radius 3 is 2.50 bits per heavy atom. The second-order valence-electron chi connectivity index (χ2n) is 4.23. The minimum Gasteiger partial charge on any atom is -0.300 e. The van der Waals surface area contributed by atoms with Crippen LogP contribution in [0.15, 0.2) is 30.3 Å². The molecule has 5 heteroatoms. The summed E-state index contributed by atoms with van der Waals surface area (Å²) in [6.07, 6.45) is -0.501. The van der Waals surface area contributed by atoms with E-state index in [0.29, 0.717) is 5.56 Å². The molecule has 0 fully saturated rings. The van der Waals surface area contributed by atoms with E-state index in [9.17, 15) is 19.3 Å². The third-order valence-corrected chi connectivity index (χ3v) is 2.83. The highest BCUT2D eigenvalue weighted by Crippen LogP contribution is 2.25. The number of carbonyl (C=O) groups is 1. The fraction of sp³-hybridized carbons (Fsp3) is 0.462. The third-order valence-electron chi connectivity index (χ3n) is 2.83. The first kappa shape index (κ1) is 14.3. The summed E-state index contributed by atoms with van der Waals surface area (Å²) in [5.41, 5.74) is 0.556. The molecule has 18 heavy (non-hydrogen) atoms. The van der Waals surface area contributed by atoms with E-state index in [1.807, 2.05) is 0 Å². The van der Waals surface area contributed by atoms with Crippen molar-refractivity contribution in [3.05, 3.63) is 46.0 Å². The predicted octanol–water partition coefficient (Wildman–Crippen LogP) is 2.93. The summed E-state index contributed by atoms with van der Waals surface area (Å²) in [4.78, 5) is 21.1. The molecule has 0 spiro atoms. The molecule has 98 valence electrons. The quantitative estimate of drug-likeness (QED) is 0.426. The van der Waals surface area contributed by atoms with Crippen molar-refractivity contribution in [1.82, 2.24) is 0 Å². The molecular formula is C13H16FNO3. The number of ketones is 1. The van der Waals surface area contributed by atoms with Crippen molar-refractivity contribution in [2.45, 2.75) is 38.4 Å². The molecule has 0 aliphatic heterocycles. The van der Waals surface area contributed by atoms with E-state index in [1.165, 1.54) is 0 Å². The zero-order valence-electron chi connectivity index (χ0n) is 10.3. The molecule has 0 aliphatic rings. The first-order valence-electron chi connectivity index (χ1n) is 5.87. The second-order valence-corrected chi connectivity index (χ2v) is 4.23. The van der Waals surface area contributed by atoms with Gasteiger partial charge in [0.15, 0.2) is 0 Å². The van der Waals surface area contributed by atoms with Crippen LogP contribution in [0.2, 0.25) is 0 Å². The summed E-state index contributed by atoms with van der Waals surface area (Å²) in [5.74, 6) is -2.72. The molecule has 0 saturated heterocycles. The molecule has 1 unspecified atom stereocenters. The Labute approximate surface area is 105 Å². The van der Waals surface area contributed by atoms with E-state index in [0.717, 1.165) is 0 Å². The molecule has 0 aliphatic carbocycles. The number of halogens is 1. The molecule has 0 heterocycles. The average Bonchev–Trinajstić information content (AvgIpc) is 2.37. The summed E-state index contributed by atoms with van der Waals surface area (Å²) < 4.78 is 14.2. The first-order chi connectivity index (χ1) is 8.48. The third kappa shape index (κ3) is 3.91. The molecule has 0 amide bonds. The molecule has 1 aromatic rings. The van der Waals surface area contributed by atoms with E-state index in [4.69, 9.17) is 0 Å². The van der Waals surface area contributed by atoms with Crippen LogP contribution in [0, 0.1) is 10.1 Å². The number of rotatable bonds is 7. The van der Waals surface area contributed by atoms with Crippen LogP contribution in [-0.2, 0) is 11.2 Å². The molecule has 1 rings (SSSR count). The molecule has 1 atom stereocenters. The lowest BCUT2D eigenvalue weighted by Gasteiger charge is -2.16. The van der Waals surface area contributed by atoms with Crippen molar-refractivity contribution in [2.75, 3.05) is 0 Å². The number of nitrogens with zero attached hydrogens (tertiary/aromatic N) is 1. The Morgan fingerprint density at radius 1 is 1.39 bits per heavy atom. The van der Waals surface area contributed by atoms with Crippen LogP contribution >= 0.6 is 0 Å². The van der Waals surface area contributed by atoms with Gasteiger partial charge in [0.05, 0.1) is 17.8 Å². The van der Waals surface area contributed by atoms with E-state index >= 15 is 0 Å². The molecule has 1 aromatic carbocycles. The topological polar surface area (TPSA) is 60.2 Å². The maximum atomic E-state index is 14.2. The van der Waals surface area contributed by atoms with Gasteiger partial charge in [-0.15, -0.1) is 0 Å². The van der Waals surface area contributed by atoms with Crippen LogP contribution in [0.25, 0.3) is 0 Å². The summed E-state index contributed by atoms with van der Waals surface area (Å²) in [7, 11) is 0. The Hall–Kier alpha value is -1.78. The normalized spacial score (nSPS) is 13.9. The van der Waals surface area contributed by atoms with Gasteiger partial charge in [0, 0.05) is 12.8 Å². The lowest BCUT2D eigenvalue weighted by Crippen LogP contribution is -2.36. The second kappa shape index (κ2) is 6.23. The SMILES string of the molecule is CCC(=O)CCC(F)(Cc1ccccc1)[N+](=O)[O-]. The summed E-state index contributed by atoms with van der Waals surface area (Å²) >= 11 is 0. The van der Waals surface area contributed by atoms with Gasteiger partial charge in [-0.25, -0.2) is 0 Å². The van der Waals surface area contributed by atoms with E-state index < -0.39 is 10.7 Å². The molecule has 0 saturated carbocycles. The van der Waals surface area contributed by atoms with Gasteiger partial charge in [0.1, 0.15) is 5.78 Å². The van der Waals surface area contributed by atoms with Gasteiger partial charge >= 0.3 is 5.79 Å². The van der Waals surface area contributed by atoms with Crippen molar-refractivity contribution in [1.29, 1.82) is 0 Å². The van der Waals surface area contributed by atoms with E-state index in [2.05, 4.69) is 0 Å². The Morgan fingerprint density at radius 2 is 2.00 bits per heavy atom. The molecule has 0 N–H and O–H groups in total. The lowest BCUT2D eigenvalue weighted by molar-refractivity contribution is -0.606. The first-order valence-corrected chi connectivity index (χ1v) is 5.87. The number of carbonyl (C=O) groups excluding carboxylic acids is 1. The maximum Gasteiger partial charge on any atom is 0.363 e. The van der Waals surface area contributed by atoms with Crippen LogP contribution < -0.4 is 0 Å². The Bertz CT molecular complexity index is 422. The van der Waals surface area contributed by atoms with Gasteiger partial charge in [-0.3, -0.25) is 14.9 Å². The Balaban J connectivity index is 2.74. The van der Waals surface area contributed by atoms with E-state index in [-0.39, 0.29) is 31.5 Å². The minimum atomic E-state index is -2.56. The van der Waals surface area contributed by atoms with Crippen molar-refractivity contribution < 1.29 is 14.1 Å². The van der Waals surface area contributed by atoms with Crippen molar-refractivity contribution in [3.63, 3.8) is 0 Å². The average molecular weight is 253 g/mol. The predicted molar refractivity (Wildman–Crippen MR) is 65.5 cm³/mol. The van der Waals surface area contributed by atoms with Crippen LogP contribution in [0.4, 0.5) is 4.39 Å². The molecule has 4 nitrogen and oxygen atoms in total. The summed E-state index contributed by atoms with van der Waals surface area (Å²) in [5, 5.41) is 10.8.